The van der Waals surface area contributed by atoms with Gasteiger partial charge in [0.2, 0.25) is 11.6 Å². The lowest BCUT2D eigenvalue weighted by atomic mass is 9.73. The van der Waals surface area contributed by atoms with E-state index in [1.807, 2.05) is 19.1 Å². The van der Waals surface area contributed by atoms with Crippen LogP contribution in [0.2, 0.25) is 0 Å². The fourth-order valence-electron chi connectivity index (χ4n) is 3.98. The summed E-state index contributed by atoms with van der Waals surface area (Å²) < 4.78 is 5.70. The topological polar surface area (TPSA) is 63.6 Å². The molecule has 0 saturated carbocycles. The summed E-state index contributed by atoms with van der Waals surface area (Å²) >= 11 is 0. The zero-order chi connectivity index (χ0) is 15.6. The fourth-order valence-corrected chi connectivity index (χ4v) is 3.98. The minimum atomic E-state index is -0.940. The van der Waals surface area contributed by atoms with Crippen molar-refractivity contribution in [1.82, 2.24) is 0 Å². The Labute approximate surface area is 128 Å². The quantitative estimate of drug-likeness (QED) is 0.747. The van der Waals surface area contributed by atoms with E-state index in [1.165, 1.54) is 0 Å². The Bertz CT molecular complexity index is 755. The van der Waals surface area contributed by atoms with Gasteiger partial charge in [0, 0.05) is 17.0 Å². The minimum absolute atomic E-state index is 0.0428. The van der Waals surface area contributed by atoms with Crippen LogP contribution in [0.25, 0.3) is 5.76 Å². The van der Waals surface area contributed by atoms with Gasteiger partial charge in [-0.3, -0.25) is 9.59 Å². The molecule has 1 aromatic rings. The maximum Gasteiger partial charge on any atom is 0.234 e. The number of benzene rings is 1. The number of hydrogen-bond donors (Lipinski definition) is 1. The summed E-state index contributed by atoms with van der Waals surface area (Å²) in [5.74, 6) is -0.356. The van der Waals surface area contributed by atoms with Crippen LogP contribution in [-0.2, 0) is 21.6 Å². The summed E-state index contributed by atoms with van der Waals surface area (Å²) in [6, 6.07) is 3.71. The summed E-state index contributed by atoms with van der Waals surface area (Å²) in [7, 11) is 0. The van der Waals surface area contributed by atoms with Crippen LogP contribution < -0.4 is 0 Å². The first kappa shape index (κ1) is 13.7. The predicted molar refractivity (Wildman–Crippen MR) is 80.3 cm³/mol. The maximum absolute atomic E-state index is 12.7. The molecule has 0 saturated heterocycles. The van der Waals surface area contributed by atoms with Crippen LogP contribution in [0.5, 0.6) is 0 Å². The third-order valence-electron chi connectivity index (χ3n) is 5.12. The van der Waals surface area contributed by atoms with Gasteiger partial charge in [0.15, 0.2) is 0 Å². The molecule has 0 spiro atoms. The highest BCUT2D eigenvalue weighted by Gasteiger charge is 2.43. The minimum Gasteiger partial charge on any atom is -0.492 e. The van der Waals surface area contributed by atoms with E-state index in [4.69, 9.17) is 4.74 Å². The molecule has 0 fully saturated rings. The van der Waals surface area contributed by atoms with Gasteiger partial charge >= 0.3 is 0 Å². The first-order valence-corrected chi connectivity index (χ1v) is 7.77. The number of carbonyl (C=O) groups is 2. The average molecular weight is 298 g/mol. The first-order chi connectivity index (χ1) is 10.4. The first-order valence-electron chi connectivity index (χ1n) is 7.77. The number of Topliss-reactive ketones (excluding diaryl/α,β-unsaturated/α-hetero) is 2. The van der Waals surface area contributed by atoms with Crippen molar-refractivity contribution in [3.8, 4) is 0 Å². The lowest BCUT2D eigenvalue weighted by Gasteiger charge is -2.33. The normalized spacial score (nSPS) is 29.9. The molecular formula is C18H18O4. The molecule has 114 valence electrons. The smallest absolute Gasteiger partial charge is 0.234 e. The average Bonchev–Trinajstić information content (AvgIpc) is 2.86. The van der Waals surface area contributed by atoms with E-state index in [0.29, 0.717) is 36.3 Å². The number of ether oxygens (including phenoxy) is 1. The second-order valence-electron chi connectivity index (χ2n) is 6.75. The Kier molecular flexibility index (Phi) is 2.67. The Hall–Kier alpha value is -1.94. The molecule has 1 aromatic carbocycles. The van der Waals surface area contributed by atoms with Gasteiger partial charge in [-0.25, -0.2) is 0 Å². The zero-order valence-corrected chi connectivity index (χ0v) is 12.7. The van der Waals surface area contributed by atoms with Gasteiger partial charge in [0.1, 0.15) is 5.76 Å². The third-order valence-corrected chi connectivity index (χ3v) is 5.12. The van der Waals surface area contributed by atoms with E-state index < -0.39 is 17.2 Å². The van der Waals surface area contributed by atoms with Crippen molar-refractivity contribution in [2.45, 2.75) is 38.7 Å². The molecule has 0 aromatic heterocycles. The number of ketones is 2. The van der Waals surface area contributed by atoms with Gasteiger partial charge < -0.3 is 9.84 Å². The summed E-state index contributed by atoms with van der Waals surface area (Å²) in [6.45, 7) is 4.12. The van der Waals surface area contributed by atoms with E-state index in [1.54, 1.807) is 6.92 Å². The van der Waals surface area contributed by atoms with Crippen molar-refractivity contribution in [1.29, 1.82) is 0 Å². The van der Waals surface area contributed by atoms with E-state index >= 15 is 0 Å². The molecule has 2 aliphatic carbocycles. The number of hydrogen-bond acceptors (Lipinski definition) is 4. The summed E-state index contributed by atoms with van der Waals surface area (Å²) in [4.78, 5) is 25.1. The van der Waals surface area contributed by atoms with Crippen molar-refractivity contribution in [3.63, 3.8) is 0 Å². The van der Waals surface area contributed by atoms with Crippen molar-refractivity contribution < 1.29 is 19.4 Å². The monoisotopic (exact) mass is 298 g/mol. The lowest BCUT2D eigenvalue weighted by Crippen LogP contribution is -2.32. The molecule has 1 aliphatic heterocycles. The van der Waals surface area contributed by atoms with Gasteiger partial charge in [0.25, 0.3) is 0 Å². The standard InChI is InChI=1S/C18H18O4/c1-9-8-22-17-11-5-6-12-10(4-3-7-18(12,2)21)14(11)16(20)15(19)13(9)17/h5-6,9,21H,3-4,7-8H2,1-2H3. The number of aliphatic hydroxyl groups is 1. The van der Waals surface area contributed by atoms with Crippen LogP contribution in [0.3, 0.4) is 0 Å². The van der Waals surface area contributed by atoms with E-state index in [2.05, 4.69) is 0 Å². The van der Waals surface area contributed by atoms with Crippen LogP contribution in [0.15, 0.2) is 17.7 Å². The van der Waals surface area contributed by atoms with Gasteiger partial charge in [0.05, 0.1) is 17.8 Å². The maximum atomic E-state index is 12.7. The highest BCUT2D eigenvalue weighted by atomic mass is 16.5. The molecule has 1 heterocycles. The molecule has 0 amide bonds. The molecule has 1 N–H and O–H groups in total. The van der Waals surface area contributed by atoms with Gasteiger partial charge in [-0.1, -0.05) is 19.1 Å². The second kappa shape index (κ2) is 4.29. The Morgan fingerprint density at radius 2 is 2.05 bits per heavy atom. The second-order valence-corrected chi connectivity index (χ2v) is 6.75. The fraction of sp³-hybridized carbons (Fsp3) is 0.444. The molecule has 2 unspecified atom stereocenters. The van der Waals surface area contributed by atoms with Gasteiger partial charge in [-0.2, -0.15) is 0 Å². The number of fused-ring (bicyclic) bond motifs is 4. The molecule has 4 heteroatoms. The zero-order valence-electron chi connectivity index (χ0n) is 12.7. The molecule has 4 rings (SSSR count). The number of carbonyl (C=O) groups excluding carboxylic acids is 2. The summed E-state index contributed by atoms with van der Waals surface area (Å²) in [5.41, 5.74) is 2.34. The lowest BCUT2D eigenvalue weighted by molar-refractivity contribution is -0.112. The predicted octanol–water partition coefficient (Wildman–Crippen LogP) is 2.37. The molecule has 0 bridgehead atoms. The van der Waals surface area contributed by atoms with E-state index in [-0.39, 0.29) is 5.92 Å². The van der Waals surface area contributed by atoms with Crippen LogP contribution in [0.1, 0.15) is 53.7 Å². The van der Waals surface area contributed by atoms with Crippen LogP contribution in [0, 0.1) is 5.92 Å². The molecular weight excluding hydrogens is 280 g/mol. The summed E-state index contributed by atoms with van der Waals surface area (Å²) in [6.07, 6.45) is 2.19. The Balaban J connectivity index is 2.02. The number of rotatable bonds is 0. The summed E-state index contributed by atoms with van der Waals surface area (Å²) in [5, 5.41) is 10.6. The molecule has 3 aliphatic rings. The molecule has 0 radical (unpaired) electrons. The van der Waals surface area contributed by atoms with Crippen LogP contribution >= 0.6 is 0 Å². The Morgan fingerprint density at radius 3 is 2.82 bits per heavy atom. The van der Waals surface area contributed by atoms with Gasteiger partial charge in [-0.15, -0.1) is 0 Å². The van der Waals surface area contributed by atoms with Crippen molar-refractivity contribution in [2.24, 2.45) is 5.92 Å². The molecule has 22 heavy (non-hydrogen) atoms. The van der Waals surface area contributed by atoms with Gasteiger partial charge in [-0.05, 0) is 37.3 Å². The van der Waals surface area contributed by atoms with Crippen LogP contribution in [-0.4, -0.2) is 23.3 Å². The highest BCUT2D eigenvalue weighted by molar-refractivity contribution is 6.52. The molecule has 2 atom stereocenters. The van der Waals surface area contributed by atoms with Crippen molar-refractivity contribution >= 4 is 17.3 Å². The van der Waals surface area contributed by atoms with E-state index in [0.717, 1.165) is 23.1 Å². The van der Waals surface area contributed by atoms with Crippen molar-refractivity contribution in [2.75, 3.05) is 6.61 Å². The highest BCUT2D eigenvalue weighted by Crippen LogP contribution is 2.44. The van der Waals surface area contributed by atoms with Crippen LogP contribution in [0.4, 0.5) is 0 Å². The third kappa shape index (κ3) is 1.61. The largest absolute Gasteiger partial charge is 0.492 e. The molecule has 4 nitrogen and oxygen atoms in total. The van der Waals surface area contributed by atoms with E-state index in [9.17, 15) is 14.7 Å². The Morgan fingerprint density at radius 1 is 1.27 bits per heavy atom. The SMILES string of the molecule is CC1COC2=C1C(=O)C(=O)c1c2ccc2c1CCCC2(C)O. The van der Waals surface area contributed by atoms with Crippen molar-refractivity contribution in [3.05, 3.63) is 40.0 Å².